The maximum Gasteiger partial charge on any atom is 0.326 e. The molecule has 0 bridgehead atoms. The average molecular weight is 469 g/mol. The molecule has 172 valence electrons. The van der Waals surface area contributed by atoms with Gasteiger partial charge in [-0.05, 0) is 36.5 Å². The average Bonchev–Trinajstić information content (AvgIpc) is 2.77. The van der Waals surface area contributed by atoms with E-state index in [1.807, 2.05) is 30.5 Å². The number of carbonyl (C=O) groups excluding carboxylic acids is 2. The number of carboxylic acid groups (broad SMARTS) is 1. The molecule has 1 aliphatic rings. The number of carbonyl (C=O) groups is 3. The molecule has 10 heteroatoms. The quantitative estimate of drug-likeness (QED) is 0.300. The van der Waals surface area contributed by atoms with Gasteiger partial charge in [0.2, 0.25) is 11.8 Å². The predicted molar refractivity (Wildman–Crippen MR) is 126 cm³/mol. The van der Waals surface area contributed by atoms with Crippen molar-refractivity contribution in [2.24, 2.45) is 5.73 Å². The molecule has 8 nitrogen and oxygen atoms in total. The number of hydrogen-bond donors (Lipinski definition) is 5. The molecule has 2 amide bonds. The summed E-state index contributed by atoms with van der Waals surface area (Å²) in [7, 11) is 0. The van der Waals surface area contributed by atoms with Crippen LogP contribution in [0.2, 0.25) is 0 Å². The second-order valence-corrected chi connectivity index (χ2v) is 9.06. The number of benzene rings is 1. The Bertz CT molecular complexity index is 780. The van der Waals surface area contributed by atoms with Crippen LogP contribution in [0.25, 0.3) is 0 Å². The van der Waals surface area contributed by atoms with Crippen molar-refractivity contribution in [3.05, 3.63) is 35.4 Å². The number of rotatable bonds is 11. The zero-order chi connectivity index (χ0) is 23.0. The van der Waals surface area contributed by atoms with Crippen LogP contribution in [0.5, 0.6) is 0 Å². The highest BCUT2D eigenvalue weighted by Gasteiger charge is 2.37. The maximum atomic E-state index is 13.2. The fourth-order valence-electron chi connectivity index (χ4n) is 3.48. The van der Waals surface area contributed by atoms with Crippen LogP contribution >= 0.6 is 24.4 Å². The Morgan fingerprint density at radius 2 is 2.00 bits per heavy atom. The molecule has 0 fully saturated rings. The zero-order valence-electron chi connectivity index (χ0n) is 17.9. The lowest BCUT2D eigenvalue weighted by Crippen LogP contribution is -2.58. The minimum absolute atomic E-state index is 0.187. The molecule has 0 aromatic heterocycles. The van der Waals surface area contributed by atoms with E-state index in [1.165, 1.54) is 16.7 Å². The van der Waals surface area contributed by atoms with Gasteiger partial charge in [0.1, 0.15) is 12.1 Å². The lowest BCUT2D eigenvalue weighted by molar-refractivity contribution is -0.146. The third kappa shape index (κ3) is 7.13. The number of nitrogens with one attached hydrogen (secondary N) is 2. The summed E-state index contributed by atoms with van der Waals surface area (Å²) in [6.07, 6.45) is 2.54. The molecule has 5 N–H and O–H groups in total. The Balaban J connectivity index is 2.20. The molecule has 0 spiro atoms. The standard InChI is InChI=1S/C21H32N4O4S2/c1-13(23-10-16(22)12-30)20(27)25-11-15-6-4-3-5-14(15)9-18(25)19(26)24-17(21(28)29)7-8-31-2/h3-6,13,16-18,23,30H,7-12,22H2,1-2H3,(H,24,26)(H,28,29)/t13-,16?,17-,18+/m0/s1. The first-order chi connectivity index (χ1) is 14.8. The Morgan fingerprint density at radius 3 is 2.61 bits per heavy atom. The summed E-state index contributed by atoms with van der Waals surface area (Å²) >= 11 is 5.67. The number of nitrogens with zero attached hydrogens (tertiary/aromatic N) is 1. The van der Waals surface area contributed by atoms with Gasteiger partial charge in [-0.1, -0.05) is 24.3 Å². The molecule has 1 aromatic carbocycles. The van der Waals surface area contributed by atoms with Gasteiger partial charge in [0, 0.05) is 31.3 Å². The van der Waals surface area contributed by atoms with Crippen LogP contribution in [0.4, 0.5) is 0 Å². The van der Waals surface area contributed by atoms with E-state index in [1.54, 1.807) is 6.92 Å². The van der Waals surface area contributed by atoms with Crippen LogP contribution < -0.4 is 16.4 Å². The van der Waals surface area contributed by atoms with Crippen LogP contribution in [0.1, 0.15) is 24.5 Å². The van der Waals surface area contributed by atoms with E-state index in [0.717, 1.165) is 11.1 Å². The van der Waals surface area contributed by atoms with Gasteiger partial charge in [0.25, 0.3) is 0 Å². The first-order valence-electron chi connectivity index (χ1n) is 10.3. The molecular weight excluding hydrogens is 436 g/mol. The third-order valence-corrected chi connectivity index (χ3v) is 6.46. The topological polar surface area (TPSA) is 125 Å². The highest BCUT2D eigenvalue weighted by atomic mass is 32.2. The van der Waals surface area contributed by atoms with Gasteiger partial charge in [-0.2, -0.15) is 24.4 Å². The van der Waals surface area contributed by atoms with Gasteiger partial charge < -0.3 is 26.4 Å². The number of aliphatic carboxylic acids is 1. The van der Waals surface area contributed by atoms with Crippen LogP contribution in [-0.2, 0) is 27.3 Å². The molecule has 2 rings (SSSR count). The van der Waals surface area contributed by atoms with Gasteiger partial charge in [0.05, 0.1) is 6.04 Å². The van der Waals surface area contributed by atoms with Crippen molar-refractivity contribution in [2.75, 3.05) is 24.3 Å². The fourth-order valence-corrected chi connectivity index (χ4v) is 4.08. The molecule has 1 aliphatic heterocycles. The number of hydrogen-bond acceptors (Lipinski definition) is 7. The Hall–Kier alpha value is -1.75. The molecule has 0 aliphatic carbocycles. The molecular formula is C21H32N4O4S2. The van der Waals surface area contributed by atoms with Crippen LogP contribution in [-0.4, -0.2) is 76.3 Å². The van der Waals surface area contributed by atoms with Crippen molar-refractivity contribution in [3.8, 4) is 0 Å². The third-order valence-electron chi connectivity index (χ3n) is 5.35. The van der Waals surface area contributed by atoms with Crippen molar-refractivity contribution in [1.82, 2.24) is 15.5 Å². The number of amides is 2. The number of carboxylic acids is 1. The van der Waals surface area contributed by atoms with Gasteiger partial charge in [-0.15, -0.1) is 0 Å². The molecule has 0 saturated carbocycles. The minimum Gasteiger partial charge on any atom is -0.480 e. The summed E-state index contributed by atoms with van der Waals surface area (Å²) in [6.45, 7) is 2.45. The summed E-state index contributed by atoms with van der Waals surface area (Å²) in [4.78, 5) is 39.5. The van der Waals surface area contributed by atoms with E-state index < -0.39 is 30.0 Å². The second-order valence-electron chi connectivity index (χ2n) is 7.71. The highest BCUT2D eigenvalue weighted by molar-refractivity contribution is 7.98. The Morgan fingerprint density at radius 1 is 1.32 bits per heavy atom. The second kappa shape index (κ2) is 12.3. The first-order valence-corrected chi connectivity index (χ1v) is 12.3. The molecule has 1 heterocycles. The summed E-state index contributed by atoms with van der Waals surface area (Å²) in [5.74, 6) is -0.651. The van der Waals surface area contributed by atoms with Gasteiger partial charge in [-0.3, -0.25) is 9.59 Å². The summed E-state index contributed by atoms with van der Waals surface area (Å²) in [5, 5.41) is 15.2. The number of thioether (sulfide) groups is 1. The maximum absolute atomic E-state index is 13.2. The molecule has 1 unspecified atom stereocenters. The summed E-state index contributed by atoms with van der Waals surface area (Å²) in [5.41, 5.74) is 7.85. The van der Waals surface area contributed by atoms with E-state index in [2.05, 4.69) is 23.3 Å². The Kier molecular flexibility index (Phi) is 10.1. The highest BCUT2D eigenvalue weighted by Crippen LogP contribution is 2.24. The molecule has 31 heavy (non-hydrogen) atoms. The van der Waals surface area contributed by atoms with Crippen LogP contribution in [0.3, 0.4) is 0 Å². The van der Waals surface area contributed by atoms with Crippen molar-refractivity contribution < 1.29 is 19.5 Å². The Labute approximate surface area is 193 Å². The van der Waals surface area contributed by atoms with E-state index in [9.17, 15) is 19.5 Å². The normalized spacial score (nSPS) is 18.6. The van der Waals surface area contributed by atoms with Gasteiger partial charge in [-0.25, -0.2) is 4.79 Å². The number of fused-ring (bicyclic) bond motifs is 1. The van der Waals surface area contributed by atoms with Crippen molar-refractivity contribution in [3.63, 3.8) is 0 Å². The van der Waals surface area contributed by atoms with Crippen LogP contribution in [0, 0.1) is 0 Å². The summed E-state index contributed by atoms with van der Waals surface area (Å²) in [6, 6.07) is 5.18. The summed E-state index contributed by atoms with van der Waals surface area (Å²) < 4.78 is 0. The SMILES string of the molecule is CSCC[C@H](NC(=O)[C@H]1Cc2ccccc2CN1C(=O)[C@H](C)NCC(N)CS)C(=O)O. The van der Waals surface area contributed by atoms with Crippen molar-refractivity contribution >= 4 is 42.2 Å². The smallest absolute Gasteiger partial charge is 0.326 e. The van der Waals surface area contributed by atoms with Gasteiger partial charge in [0.15, 0.2) is 0 Å². The van der Waals surface area contributed by atoms with Crippen molar-refractivity contribution in [2.45, 2.75) is 50.5 Å². The zero-order valence-corrected chi connectivity index (χ0v) is 19.6. The molecule has 1 aromatic rings. The van der Waals surface area contributed by atoms with Gasteiger partial charge >= 0.3 is 5.97 Å². The number of thiol groups is 1. The van der Waals surface area contributed by atoms with E-state index in [4.69, 9.17) is 5.73 Å². The van der Waals surface area contributed by atoms with E-state index >= 15 is 0 Å². The molecule has 0 saturated heterocycles. The lowest BCUT2D eigenvalue weighted by atomic mass is 9.92. The van der Waals surface area contributed by atoms with Crippen LogP contribution in [0.15, 0.2) is 24.3 Å². The lowest BCUT2D eigenvalue weighted by Gasteiger charge is -2.38. The van der Waals surface area contributed by atoms with Crippen molar-refractivity contribution in [1.29, 1.82) is 0 Å². The van der Waals surface area contributed by atoms with E-state index in [-0.39, 0.29) is 11.9 Å². The largest absolute Gasteiger partial charge is 0.480 e. The minimum atomic E-state index is -1.08. The predicted octanol–water partition coefficient (Wildman–Crippen LogP) is 0.498. The molecule has 0 radical (unpaired) electrons. The number of nitrogens with two attached hydrogens (primary N) is 1. The fraction of sp³-hybridized carbons (Fsp3) is 0.571. The van der Waals surface area contributed by atoms with E-state index in [0.29, 0.717) is 37.4 Å². The molecule has 4 atom stereocenters. The first kappa shape index (κ1) is 25.5. The monoisotopic (exact) mass is 468 g/mol.